The van der Waals surface area contributed by atoms with E-state index in [-0.39, 0.29) is 11.9 Å². The summed E-state index contributed by atoms with van der Waals surface area (Å²) in [6, 6.07) is 1.88. The van der Waals surface area contributed by atoms with Crippen molar-refractivity contribution in [2.45, 2.75) is 39.0 Å². The molecule has 2 aliphatic heterocycles. The van der Waals surface area contributed by atoms with Gasteiger partial charge >= 0.3 is 0 Å². The molecule has 0 bridgehead atoms. The van der Waals surface area contributed by atoms with Crippen LogP contribution in [0, 0.1) is 6.92 Å². The number of rotatable bonds is 4. The second-order valence-corrected chi connectivity index (χ2v) is 6.99. The number of aromatic nitrogens is 4. The Morgan fingerprint density at radius 2 is 2.24 bits per heavy atom. The fourth-order valence-corrected chi connectivity index (χ4v) is 3.90. The molecule has 4 rings (SSSR count). The summed E-state index contributed by atoms with van der Waals surface area (Å²) in [5.74, 6) is 1.04. The lowest BCUT2D eigenvalue weighted by atomic mass is 10.1. The van der Waals surface area contributed by atoms with Gasteiger partial charge in [0.25, 0.3) is 0 Å². The maximum absolute atomic E-state index is 12.9. The number of nitrogens with one attached hydrogen (secondary N) is 1. The van der Waals surface area contributed by atoms with Crippen LogP contribution < -0.4 is 10.2 Å². The van der Waals surface area contributed by atoms with Crippen LogP contribution in [0.15, 0.2) is 12.3 Å². The molecular weight excluding hydrogens is 318 g/mol. The Kier molecular flexibility index (Phi) is 4.09. The lowest BCUT2D eigenvalue weighted by Gasteiger charge is -2.24. The number of fused-ring (bicyclic) bond motifs is 1. The van der Waals surface area contributed by atoms with E-state index in [1.165, 1.54) is 11.3 Å². The zero-order valence-corrected chi connectivity index (χ0v) is 15.1. The van der Waals surface area contributed by atoms with Gasteiger partial charge in [0.2, 0.25) is 5.91 Å². The molecule has 2 aromatic heterocycles. The Morgan fingerprint density at radius 1 is 1.40 bits per heavy atom. The molecule has 1 unspecified atom stereocenters. The van der Waals surface area contributed by atoms with E-state index in [0.29, 0.717) is 0 Å². The van der Waals surface area contributed by atoms with E-state index in [9.17, 15) is 4.79 Å². The molecule has 1 atom stereocenters. The van der Waals surface area contributed by atoms with Gasteiger partial charge in [-0.05, 0) is 20.4 Å². The number of aryl methyl sites for hydroxylation is 2. The molecule has 2 aromatic rings. The minimum absolute atomic E-state index is 0.0951. The third-order valence-electron chi connectivity index (χ3n) is 5.21. The molecule has 0 aliphatic carbocycles. The Morgan fingerprint density at radius 3 is 3.00 bits per heavy atom. The molecule has 25 heavy (non-hydrogen) atoms. The first-order valence-corrected chi connectivity index (χ1v) is 8.81. The van der Waals surface area contributed by atoms with Crippen molar-refractivity contribution in [3.8, 4) is 0 Å². The van der Waals surface area contributed by atoms with Crippen LogP contribution in [0.1, 0.15) is 23.4 Å². The highest BCUT2D eigenvalue weighted by Crippen LogP contribution is 2.25. The van der Waals surface area contributed by atoms with Crippen LogP contribution >= 0.6 is 0 Å². The number of hydrogen-bond acceptors (Lipinski definition) is 5. The summed E-state index contributed by atoms with van der Waals surface area (Å²) in [6.07, 6.45) is 2.78. The molecule has 0 saturated carbocycles. The third kappa shape index (κ3) is 2.85. The van der Waals surface area contributed by atoms with Crippen LogP contribution in [0.5, 0.6) is 0 Å². The Balaban J connectivity index is 1.48. The van der Waals surface area contributed by atoms with Crippen molar-refractivity contribution in [2.24, 2.45) is 7.05 Å². The van der Waals surface area contributed by atoms with E-state index in [4.69, 9.17) is 0 Å². The highest BCUT2D eigenvalue weighted by Gasteiger charge is 2.36. The zero-order valence-electron chi connectivity index (χ0n) is 15.1. The predicted octanol–water partition coefficient (Wildman–Crippen LogP) is 0.266. The highest BCUT2D eigenvalue weighted by molar-refractivity contribution is 5.98. The van der Waals surface area contributed by atoms with Gasteiger partial charge in [-0.2, -0.15) is 10.2 Å². The topological polar surface area (TPSA) is 71.2 Å². The van der Waals surface area contributed by atoms with E-state index < -0.39 is 0 Å². The van der Waals surface area contributed by atoms with Crippen LogP contribution in [0.25, 0.3) is 0 Å². The van der Waals surface area contributed by atoms with Gasteiger partial charge < -0.3 is 5.32 Å². The maximum atomic E-state index is 12.9. The van der Waals surface area contributed by atoms with Crippen LogP contribution in [0.2, 0.25) is 0 Å². The van der Waals surface area contributed by atoms with Crippen molar-refractivity contribution in [3.63, 3.8) is 0 Å². The summed E-state index contributed by atoms with van der Waals surface area (Å²) in [7, 11) is 3.92. The monoisotopic (exact) mass is 343 g/mol. The first-order valence-electron chi connectivity index (χ1n) is 8.81. The molecule has 0 aromatic carbocycles. The molecular formula is C17H25N7O. The molecule has 0 radical (unpaired) electrons. The van der Waals surface area contributed by atoms with Crippen molar-refractivity contribution in [2.75, 3.05) is 25.0 Å². The second kappa shape index (κ2) is 6.27. The number of nitrogens with zero attached hydrogens (tertiary/aromatic N) is 6. The van der Waals surface area contributed by atoms with Gasteiger partial charge in [0, 0.05) is 44.9 Å². The molecule has 1 saturated heterocycles. The zero-order chi connectivity index (χ0) is 17.6. The van der Waals surface area contributed by atoms with Crippen molar-refractivity contribution < 1.29 is 4.79 Å². The van der Waals surface area contributed by atoms with Gasteiger partial charge in [-0.3, -0.25) is 24.0 Å². The first kappa shape index (κ1) is 16.3. The first-order chi connectivity index (χ1) is 12.0. The Labute approximate surface area is 147 Å². The third-order valence-corrected chi connectivity index (χ3v) is 5.21. The van der Waals surface area contributed by atoms with Crippen LogP contribution in [-0.2, 0) is 31.5 Å². The van der Waals surface area contributed by atoms with Crippen LogP contribution in [0.4, 0.5) is 5.82 Å². The number of carbonyl (C=O) groups excluding carboxylic acids is 1. The van der Waals surface area contributed by atoms with Gasteiger partial charge in [0.15, 0.2) is 0 Å². The van der Waals surface area contributed by atoms with Gasteiger partial charge in [0.1, 0.15) is 5.82 Å². The molecule has 4 heterocycles. The SMILES string of the molecule is Cc1cc(N2CCC(N(C)Cc3cnn4c3CNCC4)C2=O)n(C)n1. The van der Waals surface area contributed by atoms with Crippen molar-refractivity contribution >= 4 is 11.7 Å². The molecule has 8 nitrogen and oxygen atoms in total. The van der Waals surface area contributed by atoms with Gasteiger partial charge in [-0.1, -0.05) is 0 Å². The lowest BCUT2D eigenvalue weighted by Crippen LogP contribution is -2.40. The summed E-state index contributed by atoms with van der Waals surface area (Å²) in [6.45, 7) is 6.15. The minimum atomic E-state index is -0.0951. The van der Waals surface area contributed by atoms with E-state index in [1.807, 2.05) is 38.2 Å². The smallest absolute Gasteiger partial charge is 0.245 e. The van der Waals surface area contributed by atoms with Gasteiger partial charge in [0.05, 0.1) is 30.2 Å². The number of anilines is 1. The van der Waals surface area contributed by atoms with Gasteiger partial charge in [-0.25, -0.2) is 0 Å². The molecule has 1 N–H and O–H groups in total. The Bertz CT molecular complexity index is 793. The highest BCUT2D eigenvalue weighted by atomic mass is 16.2. The van der Waals surface area contributed by atoms with Crippen molar-refractivity contribution in [1.82, 2.24) is 29.8 Å². The summed E-state index contributed by atoms with van der Waals surface area (Å²) in [4.78, 5) is 16.9. The molecule has 134 valence electrons. The predicted molar refractivity (Wildman–Crippen MR) is 94.1 cm³/mol. The summed E-state index contributed by atoms with van der Waals surface area (Å²) >= 11 is 0. The largest absolute Gasteiger partial charge is 0.309 e. The second-order valence-electron chi connectivity index (χ2n) is 6.99. The number of carbonyl (C=O) groups is 1. The normalized spacial score (nSPS) is 20.6. The summed E-state index contributed by atoms with van der Waals surface area (Å²) in [5, 5.41) is 12.2. The van der Waals surface area contributed by atoms with Crippen molar-refractivity contribution in [1.29, 1.82) is 0 Å². The minimum Gasteiger partial charge on any atom is -0.309 e. The molecule has 1 fully saturated rings. The van der Waals surface area contributed by atoms with Crippen molar-refractivity contribution in [3.05, 3.63) is 29.2 Å². The standard InChI is InChI=1S/C17H25N7O/c1-12-8-16(22(3)20-12)23-6-4-14(17(23)25)21(2)11-13-9-19-24-7-5-18-10-15(13)24/h8-9,14,18H,4-7,10-11H2,1-3H3. The van der Waals surface area contributed by atoms with E-state index in [2.05, 4.69) is 25.1 Å². The van der Waals surface area contributed by atoms with E-state index in [1.54, 1.807) is 4.68 Å². The summed E-state index contributed by atoms with van der Waals surface area (Å²) in [5.41, 5.74) is 3.38. The van der Waals surface area contributed by atoms with Crippen LogP contribution in [-0.4, -0.2) is 56.5 Å². The molecule has 2 aliphatic rings. The molecule has 0 spiro atoms. The maximum Gasteiger partial charge on any atom is 0.245 e. The quantitative estimate of drug-likeness (QED) is 0.863. The fourth-order valence-electron chi connectivity index (χ4n) is 3.90. The van der Waals surface area contributed by atoms with Gasteiger partial charge in [-0.15, -0.1) is 0 Å². The average molecular weight is 343 g/mol. The average Bonchev–Trinajstić information content (AvgIpc) is 3.25. The number of likely N-dealkylation sites (N-methyl/N-ethyl adjacent to an activating group) is 1. The molecule has 8 heteroatoms. The lowest BCUT2D eigenvalue weighted by molar-refractivity contribution is -0.121. The van der Waals surface area contributed by atoms with E-state index in [0.717, 1.165) is 50.7 Å². The number of hydrogen-bond donors (Lipinski definition) is 1. The molecule has 1 amide bonds. The summed E-state index contributed by atoms with van der Waals surface area (Å²) < 4.78 is 3.86. The Hall–Kier alpha value is -2.19. The fraction of sp³-hybridized carbons (Fsp3) is 0.588. The van der Waals surface area contributed by atoms with Crippen LogP contribution in [0.3, 0.4) is 0 Å². The number of amides is 1. The van der Waals surface area contributed by atoms with E-state index >= 15 is 0 Å².